The third-order valence-corrected chi connectivity index (χ3v) is 4.35. The van der Waals surface area contributed by atoms with E-state index in [1.807, 2.05) is 4.68 Å². The maximum Gasteiger partial charge on any atom is 0.335 e. The molecule has 0 aliphatic heterocycles. The van der Waals surface area contributed by atoms with Crippen molar-refractivity contribution in [1.82, 2.24) is 20.2 Å². The largest absolute Gasteiger partial charge is 0.478 e. The van der Waals surface area contributed by atoms with Crippen molar-refractivity contribution in [3.63, 3.8) is 0 Å². The summed E-state index contributed by atoms with van der Waals surface area (Å²) in [5.41, 5.74) is 1.05. The first kappa shape index (κ1) is 13.4. The minimum atomic E-state index is -0.983. The summed E-state index contributed by atoms with van der Waals surface area (Å²) >= 11 is 7.59. The van der Waals surface area contributed by atoms with Gasteiger partial charge >= 0.3 is 5.97 Å². The van der Waals surface area contributed by atoms with Crippen LogP contribution in [-0.2, 0) is 5.75 Å². The summed E-state index contributed by atoms with van der Waals surface area (Å²) in [4.78, 5) is 10.8. The first-order valence-corrected chi connectivity index (χ1v) is 7.44. The summed E-state index contributed by atoms with van der Waals surface area (Å²) in [6, 6.07) is 5.17. The number of carboxylic acids is 1. The Balaban J connectivity index is 1.71. The Labute approximate surface area is 124 Å². The van der Waals surface area contributed by atoms with Crippen LogP contribution in [0.4, 0.5) is 0 Å². The molecule has 0 spiro atoms. The van der Waals surface area contributed by atoms with E-state index in [-0.39, 0.29) is 5.56 Å². The number of aromatic carboxylic acids is 1. The van der Waals surface area contributed by atoms with E-state index in [1.165, 1.54) is 17.8 Å². The molecule has 1 saturated carbocycles. The average molecular weight is 311 g/mol. The summed E-state index contributed by atoms with van der Waals surface area (Å²) in [6.45, 7) is 0. The second kappa shape index (κ2) is 5.41. The second-order valence-corrected chi connectivity index (χ2v) is 5.89. The lowest BCUT2D eigenvalue weighted by atomic mass is 10.1. The number of aromatic nitrogens is 4. The van der Waals surface area contributed by atoms with Gasteiger partial charge in [-0.2, -0.15) is 0 Å². The molecule has 0 bridgehead atoms. The summed E-state index contributed by atoms with van der Waals surface area (Å²) in [6.07, 6.45) is 2.24. The highest BCUT2D eigenvalue weighted by Crippen LogP contribution is 2.37. The smallest absolute Gasteiger partial charge is 0.335 e. The van der Waals surface area contributed by atoms with E-state index in [9.17, 15) is 4.79 Å². The highest BCUT2D eigenvalue weighted by molar-refractivity contribution is 7.98. The normalized spacial score (nSPS) is 14.4. The zero-order valence-electron chi connectivity index (χ0n) is 10.4. The number of hydrogen-bond acceptors (Lipinski definition) is 5. The molecule has 1 heterocycles. The van der Waals surface area contributed by atoms with Crippen LogP contribution in [0.1, 0.15) is 34.8 Å². The number of hydrogen-bond donors (Lipinski definition) is 1. The van der Waals surface area contributed by atoms with Crippen molar-refractivity contribution >= 4 is 29.3 Å². The average Bonchev–Trinajstić information content (AvgIpc) is 3.16. The van der Waals surface area contributed by atoms with Gasteiger partial charge in [0.25, 0.3) is 0 Å². The van der Waals surface area contributed by atoms with E-state index in [4.69, 9.17) is 16.7 Å². The monoisotopic (exact) mass is 310 g/mol. The molecule has 3 rings (SSSR count). The third-order valence-electron chi connectivity index (χ3n) is 3.01. The lowest BCUT2D eigenvalue weighted by Gasteiger charge is -2.05. The van der Waals surface area contributed by atoms with Crippen LogP contribution in [-0.4, -0.2) is 31.3 Å². The standard InChI is InChI=1S/C12H11ClN4O2S/c13-10-5-7(11(18)19)1-2-8(10)6-20-12-14-15-16-17(12)9-3-4-9/h1-2,5,9H,3-4,6H2,(H,18,19). The van der Waals surface area contributed by atoms with Gasteiger partial charge in [-0.25, -0.2) is 9.48 Å². The van der Waals surface area contributed by atoms with Crippen molar-refractivity contribution in [3.8, 4) is 0 Å². The number of carbonyl (C=O) groups is 1. The molecule has 0 saturated heterocycles. The van der Waals surface area contributed by atoms with Crippen LogP contribution >= 0.6 is 23.4 Å². The Morgan fingerprint density at radius 1 is 1.50 bits per heavy atom. The molecule has 0 atom stereocenters. The van der Waals surface area contributed by atoms with Gasteiger partial charge in [-0.1, -0.05) is 29.4 Å². The molecule has 1 N–H and O–H groups in total. The molecule has 6 nitrogen and oxygen atoms in total. The van der Waals surface area contributed by atoms with Gasteiger partial charge in [0, 0.05) is 10.8 Å². The molecule has 2 aromatic rings. The Bertz CT molecular complexity index is 657. The van der Waals surface area contributed by atoms with Crippen molar-refractivity contribution < 1.29 is 9.90 Å². The van der Waals surface area contributed by atoms with Crippen molar-refractivity contribution in [2.75, 3.05) is 0 Å². The van der Waals surface area contributed by atoms with Gasteiger partial charge in [-0.15, -0.1) is 5.10 Å². The van der Waals surface area contributed by atoms with E-state index in [1.54, 1.807) is 12.1 Å². The molecule has 8 heteroatoms. The van der Waals surface area contributed by atoms with Gasteiger partial charge in [0.15, 0.2) is 0 Å². The van der Waals surface area contributed by atoms with Crippen molar-refractivity contribution in [1.29, 1.82) is 0 Å². The van der Waals surface area contributed by atoms with E-state index < -0.39 is 5.97 Å². The van der Waals surface area contributed by atoms with Gasteiger partial charge in [-0.3, -0.25) is 0 Å². The van der Waals surface area contributed by atoms with E-state index >= 15 is 0 Å². The molecule has 0 unspecified atom stereocenters. The third kappa shape index (κ3) is 2.78. The van der Waals surface area contributed by atoms with Crippen LogP contribution in [0.2, 0.25) is 5.02 Å². The van der Waals surface area contributed by atoms with Gasteiger partial charge in [-0.05, 0) is 41.0 Å². The van der Waals surface area contributed by atoms with Crippen LogP contribution in [0.3, 0.4) is 0 Å². The van der Waals surface area contributed by atoms with Gasteiger partial charge < -0.3 is 5.11 Å². The summed E-state index contributed by atoms with van der Waals surface area (Å²) in [5, 5.41) is 21.8. The van der Waals surface area contributed by atoms with Crippen LogP contribution in [0, 0.1) is 0 Å². The number of rotatable bonds is 5. The highest BCUT2D eigenvalue weighted by Gasteiger charge is 2.27. The first-order valence-electron chi connectivity index (χ1n) is 6.07. The molecule has 0 radical (unpaired) electrons. The molecular weight excluding hydrogens is 300 g/mol. The number of benzene rings is 1. The molecule has 1 fully saturated rings. The maximum atomic E-state index is 10.8. The van der Waals surface area contributed by atoms with Crippen molar-refractivity contribution in [3.05, 3.63) is 34.3 Å². The molecule has 1 aliphatic rings. The highest BCUT2D eigenvalue weighted by atomic mass is 35.5. The zero-order chi connectivity index (χ0) is 14.1. The Morgan fingerprint density at radius 3 is 2.95 bits per heavy atom. The summed E-state index contributed by atoms with van der Waals surface area (Å²) in [7, 11) is 0. The number of tetrazole rings is 1. The molecule has 0 amide bonds. The molecule has 1 aliphatic carbocycles. The lowest BCUT2D eigenvalue weighted by Crippen LogP contribution is -1.99. The second-order valence-electron chi connectivity index (χ2n) is 4.54. The van der Waals surface area contributed by atoms with E-state index in [0.29, 0.717) is 16.8 Å². The van der Waals surface area contributed by atoms with Crippen LogP contribution in [0.15, 0.2) is 23.4 Å². The first-order chi connectivity index (χ1) is 9.65. The van der Waals surface area contributed by atoms with Gasteiger partial charge in [0.2, 0.25) is 5.16 Å². The fraction of sp³-hybridized carbons (Fsp3) is 0.333. The van der Waals surface area contributed by atoms with Gasteiger partial charge in [0.05, 0.1) is 11.6 Å². The molecular formula is C12H11ClN4O2S. The maximum absolute atomic E-state index is 10.8. The van der Waals surface area contributed by atoms with Crippen LogP contribution < -0.4 is 0 Å². The Hall–Kier alpha value is -1.60. The Morgan fingerprint density at radius 2 is 2.30 bits per heavy atom. The topological polar surface area (TPSA) is 80.9 Å². The predicted molar refractivity (Wildman–Crippen MR) is 74.1 cm³/mol. The van der Waals surface area contributed by atoms with Crippen LogP contribution in [0.5, 0.6) is 0 Å². The molecule has 1 aromatic heterocycles. The summed E-state index contributed by atoms with van der Waals surface area (Å²) in [5.74, 6) is -0.380. The summed E-state index contributed by atoms with van der Waals surface area (Å²) < 4.78 is 1.84. The molecule has 1 aromatic carbocycles. The molecule has 104 valence electrons. The van der Waals surface area contributed by atoms with Crippen LogP contribution in [0.25, 0.3) is 0 Å². The Kier molecular flexibility index (Phi) is 3.62. The molecule has 20 heavy (non-hydrogen) atoms. The fourth-order valence-electron chi connectivity index (χ4n) is 1.77. The van der Waals surface area contributed by atoms with E-state index in [0.717, 1.165) is 23.6 Å². The minimum absolute atomic E-state index is 0.187. The van der Waals surface area contributed by atoms with E-state index in [2.05, 4.69) is 15.5 Å². The fourth-order valence-corrected chi connectivity index (χ4v) is 3.04. The SMILES string of the molecule is O=C(O)c1ccc(CSc2nnnn2C2CC2)c(Cl)c1. The number of nitrogens with zero attached hydrogens (tertiary/aromatic N) is 4. The predicted octanol–water partition coefficient (Wildman–Crippen LogP) is 2.65. The lowest BCUT2D eigenvalue weighted by molar-refractivity contribution is 0.0697. The number of halogens is 1. The quantitative estimate of drug-likeness (QED) is 0.855. The zero-order valence-corrected chi connectivity index (χ0v) is 11.9. The van der Waals surface area contributed by atoms with Gasteiger partial charge in [0.1, 0.15) is 0 Å². The van der Waals surface area contributed by atoms with Crippen molar-refractivity contribution in [2.24, 2.45) is 0 Å². The number of thioether (sulfide) groups is 1. The minimum Gasteiger partial charge on any atom is -0.478 e. The van der Waals surface area contributed by atoms with Crippen molar-refractivity contribution in [2.45, 2.75) is 29.8 Å². The number of carboxylic acid groups (broad SMARTS) is 1.